The summed E-state index contributed by atoms with van der Waals surface area (Å²) in [5.41, 5.74) is 6.02. The zero-order chi connectivity index (χ0) is 27.1. The van der Waals surface area contributed by atoms with Crippen molar-refractivity contribution in [1.29, 1.82) is 0 Å². The molecule has 198 valence electrons. The number of benzene rings is 2. The molecule has 1 unspecified atom stereocenters. The number of carbonyl (C=O) groups excluding carboxylic acids is 2. The molecule has 0 aliphatic carbocycles. The minimum atomic E-state index is -3.07. The number of aromatic nitrogens is 2. The number of nitrogens with zero attached hydrogens (tertiary/aromatic N) is 2. The van der Waals surface area contributed by atoms with Crippen LogP contribution < -0.4 is 16.2 Å². The Morgan fingerprint density at radius 1 is 1.11 bits per heavy atom. The van der Waals surface area contributed by atoms with E-state index in [0.29, 0.717) is 35.1 Å². The number of alkyl halides is 1. The van der Waals surface area contributed by atoms with Gasteiger partial charge >= 0.3 is 5.69 Å². The number of amides is 1. The van der Waals surface area contributed by atoms with Crippen LogP contribution in [0.4, 0.5) is 4.39 Å². The lowest BCUT2D eigenvalue weighted by atomic mass is 9.78. The fraction of sp³-hybridized carbons (Fsp3) is 0.423. The Bertz CT molecular complexity index is 1530. The first-order valence-corrected chi connectivity index (χ1v) is 13.8. The van der Waals surface area contributed by atoms with Gasteiger partial charge in [0.2, 0.25) is 12.3 Å². The zero-order valence-corrected chi connectivity index (χ0v) is 21.8. The maximum absolute atomic E-state index is 13.5. The lowest BCUT2D eigenvalue weighted by molar-refractivity contribution is -0.120. The SMILES string of the molecule is CC(F)Oc1cccc(-n2c(=O)n([C@H](C)C(N)=O)c3cc(C(=O)CC4(C)CCS(=O)(=O)CC4)ccc32)c1. The molecule has 1 aliphatic heterocycles. The van der Waals surface area contributed by atoms with E-state index < -0.39 is 39.2 Å². The van der Waals surface area contributed by atoms with Crippen LogP contribution >= 0.6 is 0 Å². The van der Waals surface area contributed by atoms with Crippen LogP contribution in [0, 0.1) is 5.41 Å². The molecule has 11 heteroatoms. The third-order valence-electron chi connectivity index (χ3n) is 6.99. The number of fused-ring (bicyclic) bond motifs is 1. The molecule has 1 amide bonds. The number of Topliss-reactive ketones (excluding diaryl/α,β-unsaturated/α-hetero) is 1. The Morgan fingerprint density at radius 3 is 2.41 bits per heavy atom. The molecule has 2 N–H and O–H groups in total. The lowest BCUT2D eigenvalue weighted by Gasteiger charge is -2.32. The van der Waals surface area contributed by atoms with Crippen molar-refractivity contribution in [3.63, 3.8) is 0 Å². The van der Waals surface area contributed by atoms with E-state index in [1.807, 2.05) is 6.92 Å². The van der Waals surface area contributed by atoms with Crippen LogP contribution in [0.3, 0.4) is 0 Å². The van der Waals surface area contributed by atoms with E-state index in [1.54, 1.807) is 36.4 Å². The maximum atomic E-state index is 13.5. The van der Waals surface area contributed by atoms with Crippen LogP contribution in [0.1, 0.15) is 56.4 Å². The molecular weight excluding hydrogens is 501 g/mol. The fourth-order valence-corrected chi connectivity index (χ4v) is 6.54. The highest BCUT2D eigenvalue weighted by molar-refractivity contribution is 7.91. The Labute approximate surface area is 213 Å². The highest BCUT2D eigenvalue weighted by Crippen LogP contribution is 2.37. The first-order valence-electron chi connectivity index (χ1n) is 12.0. The van der Waals surface area contributed by atoms with Gasteiger partial charge in [-0.2, -0.15) is 0 Å². The first kappa shape index (κ1) is 26.6. The third kappa shape index (κ3) is 5.46. The van der Waals surface area contributed by atoms with E-state index in [2.05, 4.69) is 0 Å². The second-order valence-electron chi connectivity index (χ2n) is 9.99. The van der Waals surface area contributed by atoms with Gasteiger partial charge in [-0.15, -0.1) is 0 Å². The monoisotopic (exact) mass is 531 g/mol. The van der Waals surface area contributed by atoms with E-state index in [0.717, 1.165) is 0 Å². The van der Waals surface area contributed by atoms with Crippen molar-refractivity contribution in [2.75, 3.05) is 11.5 Å². The predicted octanol–water partition coefficient (Wildman–Crippen LogP) is 3.32. The van der Waals surface area contributed by atoms with Crippen LogP contribution in [0.5, 0.6) is 5.75 Å². The summed E-state index contributed by atoms with van der Waals surface area (Å²) in [6.07, 6.45) is -0.591. The number of hydrogen-bond acceptors (Lipinski definition) is 6. The number of halogens is 1. The molecular formula is C26H30FN3O6S. The van der Waals surface area contributed by atoms with Crippen LogP contribution in [-0.4, -0.2) is 47.1 Å². The van der Waals surface area contributed by atoms with Gasteiger partial charge in [-0.25, -0.2) is 17.6 Å². The predicted molar refractivity (Wildman–Crippen MR) is 138 cm³/mol. The van der Waals surface area contributed by atoms with Crippen molar-refractivity contribution in [1.82, 2.24) is 9.13 Å². The summed E-state index contributed by atoms with van der Waals surface area (Å²) in [5.74, 6) is -0.583. The van der Waals surface area contributed by atoms with E-state index in [4.69, 9.17) is 10.5 Å². The summed E-state index contributed by atoms with van der Waals surface area (Å²) >= 11 is 0. The molecule has 1 aliphatic rings. The quantitative estimate of drug-likeness (QED) is 0.444. The minimum Gasteiger partial charge on any atom is -0.461 e. The fourth-order valence-electron chi connectivity index (χ4n) is 4.72. The number of carbonyl (C=O) groups is 2. The molecule has 1 aromatic heterocycles. The van der Waals surface area contributed by atoms with Gasteiger partial charge in [0, 0.05) is 25.0 Å². The molecule has 3 aromatic rings. The molecule has 1 saturated heterocycles. The van der Waals surface area contributed by atoms with Crippen molar-refractivity contribution in [3.05, 3.63) is 58.5 Å². The van der Waals surface area contributed by atoms with Gasteiger partial charge in [-0.3, -0.25) is 18.7 Å². The zero-order valence-electron chi connectivity index (χ0n) is 20.9. The molecule has 1 fully saturated rings. The summed E-state index contributed by atoms with van der Waals surface area (Å²) in [6.45, 7) is 4.65. The normalized spacial score (nSPS) is 18.3. The van der Waals surface area contributed by atoms with Crippen molar-refractivity contribution >= 4 is 32.6 Å². The molecule has 37 heavy (non-hydrogen) atoms. The molecule has 0 radical (unpaired) electrons. The van der Waals surface area contributed by atoms with E-state index >= 15 is 0 Å². The standard InChI is InChI=1S/C26H30FN3O6S/c1-16(24(28)32)29-22-13-18(23(31)15-26(3)9-11-37(34,35)12-10-26)7-8-21(22)30(25(29)33)19-5-4-6-20(14-19)36-17(2)27/h4-8,13-14,16-17H,9-12,15H2,1-3H3,(H2,28,32)/t16-,17?/m1/s1. The second kappa shape index (κ2) is 9.77. The van der Waals surface area contributed by atoms with Crippen LogP contribution in [0.15, 0.2) is 47.3 Å². The van der Waals surface area contributed by atoms with Crippen LogP contribution in [0.25, 0.3) is 16.7 Å². The summed E-state index contributed by atoms with van der Waals surface area (Å²) in [4.78, 5) is 38.9. The van der Waals surface area contributed by atoms with Gasteiger partial charge in [0.15, 0.2) is 5.78 Å². The summed E-state index contributed by atoms with van der Waals surface area (Å²) < 4.78 is 44.8. The maximum Gasteiger partial charge on any atom is 0.334 e. The molecule has 0 bridgehead atoms. The topological polar surface area (TPSA) is 130 Å². The van der Waals surface area contributed by atoms with E-state index in [9.17, 15) is 27.2 Å². The van der Waals surface area contributed by atoms with E-state index in [-0.39, 0.29) is 29.5 Å². The number of nitrogens with two attached hydrogens (primary N) is 1. The summed E-state index contributed by atoms with van der Waals surface area (Å²) in [6, 6.07) is 10.1. The van der Waals surface area contributed by atoms with Crippen LogP contribution in [-0.2, 0) is 14.6 Å². The van der Waals surface area contributed by atoms with Crippen molar-refractivity contribution in [2.24, 2.45) is 11.1 Å². The largest absolute Gasteiger partial charge is 0.461 e. The number of rotatable bonds is 8. The number of ether oxygens (including phenoxy) is 1. The molecule has 0 spiro atoms. The molecule has 9 nitrogen and oxygen atoms in total. The molecule has 2 aromatic carbocycles. The van der Waals surface area contributed by atoms with Crippen molar-refractivity contribution in [3.8, 4) is 11.4 Å². The Kier molecular flexibility index (Phi) is 7.02. The van der Waals surface area contributed by atoms with Crippen molar-refractivity contribution in [2.45, 2.75) is 52.4 Å². The summed E-state index contributed by atoms with van der Waals surface area (Å²) in [5, 5.41) is 0. The number of imidazole rings is 1. The molecule has 4 rings (SSSR count). The van der Waals surface area contributed by atoms with Gasteiger partial charge < -0.3 is 10.5 Å². The number of primary amides is 1. The number of ketones is 1. The average Bonchev–Trinajstić information content (AvgIpc) is 3.11. The minimum absolute atomic E-state index is 0.0539. The molecule has 2 atom stereocenters. The van der Waals surface area contributed by atoms with Crippen molar-refractivity contribution < 1.29 is 27.1 Å². The molecule has 0 saturated carbocycles. The Morgan fingerprint density at radius 2 is 1.78 bits per heavy atom. The van der Waals surface area contributed by atoms with Gasteiger partial charge in [-0.1, -0.05) is 13.0 Å². The second-order valence-corrected chi connectivity index (χ2v) is 12.3. The highest BCUT2D eigenvalue weighted by Gasteiger charge is 2.35. The lowest BCUT2D eigenvalue weighted by Crippen LogP contribution is -2.33. The van der Waals surface area contributed by atoms with Crippen LogP contribution in [0.2, 0.25) is 0 Å². The highest BCUT2D eigenvalue weighted by atomic mass is 32.2. The Hall–Kier alpha value is -3.47. The Balaban J connectivity index is 1.79. The van der Waals surface area contributed by atoms with Gasteiger partial charge in [0.05, 0.1) is 28.2 Å². The van der Waals surface area contributed by atoms with Gasteiger partial charge in [0.1, 0.15) is 21.6 Å². The van der Waals surface area contributed by atoms with Gasteiger partial charge in [0.25, 0.3) is 0 Å². The van der Waals surface area contributed by atoms with Gasteiger partial charge in [-0.05, 0) is 55.5 Å². The smallest absolute Gasteiger partial charge is 0.334 e. The summed E-state index contributed by atoms with van der Waals surface area (Å²) in [7, 11) is -3.07. The number of sulfone groups is 1. The third-order valence-corrected chi connectivity index (χ3v) is 8.64. The number of hydrogen-bond donors (Lipinski definition) is 1. The average molecular weight is 532 g/mol. The molecule has 2 heterocycles. The van der Waals surface area contributed by atoms with E-state index in [1.165, 1.54) is 29.0 Å². The first-order chi connectivity index (χ1) is 17.3.